The first-order chi connectivity index (χ1) is 9.30. The monoisotopic (exact) mass is 257 g/mol. The van der Waals surface area contributed by atoms with Gasteiger partial charge in [0.1, 0.15) is 0 Å². The highest BCUT2D eigenvalue weighted by Gasteiger charge is 2.41. The van der Waals surface area contributed by atoms with Crippen LogP contribution in [0.15, 0.2) is 35.3 Å². The predicted octanol–water partition coefficient (Wildman–Crippen LogP) is 2.91. The van der Waals surface area contributed by atoms with E-state index in [1.807, 2.05) is 0 Å². The van der Waals surface area contributed by atoms with Crippen molar-refractivity contribution >= 4 is 5.96 Å². The van der Waals surface area contributed by atoms with Crippen molar-refractivity contribution in [2.75, 3.05) is 6.54 Å². The zero-order valence-electron chi connectivity index (χ0n) is 11.5. The molecule has 3 rings (SSSR count). The van der Waals surface area contributed by atoms with E-state index in [2.05, 4.69) is 40.2 Å². The van der Waals surface area contributed by atoms with Gasteiger partial charge >= 0.3 is 0 Å². The third-order valence-corrected chi connectivity index (χ3v) is 4.60. The van der Waals surface area contributed by atoms with Crippen molar-refractivity contribution in [1.29, 1.82) is 0 Å². The molecule has 0 atom stereocenters. The van der Waals surface area contributed by atoms with Crippen LogP contribution in [0.5, 0.6) is 0 Å². The van der Waals surface area contributed by atoms with E-state index in [4.69, 9.17) is 5.73 Å². The van der Waals surface area contributed by atoms with E-state index in [-0.39, 0.29) is 5.54 Å². The Morgan fingerprint density at radius 1 is 1.05 bits per heavy atom. The maximum absolute atomic E-state index is 6.16. The molecule has 0 bridgehead atoms. The minimum absolute atomic E-state index is 0.205. The molecule has 102 valence electrons. The summed E-state index contributed by atoms with van der Waals surface area (Å²) in [4.78, 5) is 6.92. The molecule has 1 aliphatic heterocycles. The average molecular weight is 257 g/mol. The zero-order chi connectivity index (χ0) is 13.1. The second-order valence-electron chi connectivity index (χ2n) is 5.88. The van der Waals surface area contributed by atoms with Crippen LogP contribution in [-0.4, -0.2) is 22.9 Å². The fraction of sp³-hybridized carbons (Fsp3) is 0.562. The van der Waals surface area contributed by atoms with Crippen molar-refractivity contribution in [2.45, 2.75) is 50.6 Å². The molecule has 2 N–H and O–H groups in total. The van der Waals surface area contributed by atoms with Gasteiger partial charge in [-0.1, -0.05) is 56.0 Å². The van der Waals surface area contributed by atoms with Crippen LogP contribution < -0.4 is 5.73 Å². The average Bonchev–Trinajstić information content (AvgIpc) is 2.64. The molecule has 1 spiro atoms. The van der Waals surface area contributed by atoms with Crippen LogP contribution in [0.2, 0.25) is 0 Å². The van der Waals surface area contributed by atoms with E-state index in [0.717, 1.165) is 19.0 Å². The Morgan fingerprint density at radius 2 is 1.74 bits per heavy atom. The van der Waals surface area contributed by atoms with Gasteiger partial charge < -0.3 is 10.6 Å². The molecule has 2 aliphatic rings. The van der Waals surface area contributed by atoms with Crippen molar-refractivity contribution in [3.63, 3.8) is 0 Å². The van der Waals surface area contributed by atoms with E-state index in [1.54, 1.807) is 0 Å². The molecule has 1 aromatic carbocycles. The molecule has 1 fully saturated rings. The van der Waals surface area contributed by atoms with Crippen molar-refractivity contribution in [1.82, 2.24) is 4.90 Å². The summed E-state index contributed by atoms with van der Waals surface area (Å²) in [6.45, 7) is 1.79. The van der Waals surface area contributed by atoms with Gasteiger partial charge in [-0.15, -0.1) is 0 Å². The van der Waals surface area contributed by atoms with Crippen LogP contribution in [0, 0.1) is 0 Å². The SMILES string of the molecule is NC1=NCC2(CCCCCC2)N1Cc1ccccc1. The molecule has 1 saturated carbocycles. The normalized spacial score (nSPS) is 22.3. The summed E-state index contributed by atoms with van der Waals surface area (Å²) >= 11 is 0. The van der Waals surface area contributed by atoms with E-state index >= 15 is 0 Å². The van der Waals surface area contributed by atoms with Crippen molar-refractivity contribution in [3.05, 3.63) is 35.9 Å². The third-order valence-electron chi connectivity index (χ3n) is 4.60. The number of nitrogens with zero attached hydrogens (tertiary/aromatic N) is 2. The summed E-state index contributed by atoms with van der Waals surface area (Å²) in [7, 11) is 0. The van der Waals surface area contributed by atoms with Gasteiger partial charge in [-0.25, -0.2) is 0 Å². The first-order valence-electron chi connectivity index (χ1n) is 7.42. The van der Waals surface area contributed by atoms with E-state index in [0.29, 0.717) is 0 Å². The van der Waals surface area contributed by atoms with Crippen LogP contribution in [0.3, 0.4) is 0 Å². The Morgan fingerprint density at radius 3 is 2.42 bits per heavy atom. The van der Waals surface area contributed by atoms with Crippen LogP contribution in [0.4, 0.5) is 0 Å². The van der Waals surface area contributed by atoms with Gasteiger partial charge in [0.2, 0.25) is 0 Å². The maximum atomic E-state index is 6.16. The molecule has 3 nitrogen and oxygen atoms in total. The van der Waals surface area contributed by atoms with Crippen molar-refractivity contribution < 1.29 is 0 Å². The van der Waals surface area contributed by atoms with Gasteiger partial charge in [0.05, 0.1) is 12.1 Å². The summed E-state index contributed by atoms with van der Waals surface area (Å²) in [5, 5.41) is 0. The van der Waals surface area contributed by atoms with Crippen molar-refractivity contribution in [3.8, 4) is 0 Å². The molecule has 1 aliphatic carbocycles. The summed E-state index contributed by atoms with van der Waals surface area (Å²) < 4.78 is 0. The quantitative estimate of drug-likeness (QED) is 0.885. The predicted molar refractivity (Wildman–Crippen MR) is 78.9 cm³/mol. The van der Waals surface area contributed by atoms with Crippen LogP contribution in [-0.2, 0) is 6.54 Å². The van der Waals surface area contributed by atoms with E-state index in [9.17, 15) is 0 Å². The zero-order valence-corrected chi connectivity index (χ0v) is 11.5. The Kier molecular flexibility index (Phi) is 3.45. The van der Waals surface area contributed by atoms with E-state index < -0.39 is 0 Å². The topological polar surface area (TPSA) is 41.6 Å². The molecule has 0 unspecified atom stereocenters. The Balaban J connectivity index is 1.81. The van der Waals surface area contributed by atoms with Gasteiger partial charge in [0.25, 0.3) is 0 Å². The summed E-state index contributed by atoms with van der Waals surface area (Å²) in [5.41, 5.74) is 7.69. The first kappa shape index (κ1) is 12.5. The largest absolute Gasteiger partial charge is 0.370 e. The Bertz CT molecular complexity index is 444. The highest BCUT2D eigenvalue weighted by Crippen LogP contribution is 2.36. The fourth-order valence-electron chi connectivity index (χ4n) is 3.47. The lowest BCUT2D eigenvalue weighted by atomic mass is 9.89. The Labute approximate surface area is 115 Å². The number of benzene rings is 1. The van der Waals surface area contributed by atoms with Gasteiger partial charge in [0, 0.05) is 6.54 Å². The molecule has 0 saturated heterocycles. The van der Waals surface area contributed by atoms with E-state index in [1.165, 1.54) is 44.1 Å². The van der Waals surface area contributed by atoms with Gasteiger partial charge in [-0.05, 0) is 18.4 Å². The standard InChI is InChI=1S/C16H23N3/c17-15-18-13-16(10-6-1-2-7-11-16)19(15)12-14-8-4-3-5-9-14/h3-5,8-9H,1-2,6-7,10-13H2,(H2,17,18). The molecule has 3 heteroatoms. The summed E-state index contributed by atoms with van der Waals surface area (Å²) in [5.74, 6) is 0.741. The minimum atomic E-state index is 0.205. The fourth-order valence-corrected chi connectivity index (χ4v) is 3.47. The lowest BCUT2D eigenvalue weighted by molar-refractivity contribution is 0.168. The number of hydrogen-bond donors (Lipinski definition) is 1. The summed E-state index contributed by atoms with van der Waals surface area (Å²) in [6.07, 6.45) is 7.83. The lowest BCUT2D eigenvalue weighted by Crippen LogP contribution is -2.50. The summed E-state index contributed by atoms with van der Waals surface area (Å²) in [6, 6.07) is 10.6. The van der Waals surface area contributed by atoms with Crippen LogP contribution in [0.1, 0.15) is 44.1 Å². The first-order valence-corrected chi connectivity index (χ1v) is 7.42. The second kappa shape index (κ2) is 5.24. The molecular weight excluding hydrogens is 234 g/mol. The van der Waals surface area contributed by atoms with Gasteiger partial charge in [0.15, 0.2) is 5.96 Å². The van der Waals surface area contributed by atoms with Crippen LogP contribution in [0.25, 0.3) is 0 Å². The molecule has 0 aromatic heterocycles. The molecule has 19 heavy (non-hydrogen) atoms. The second-order valence-corrected chi connectivity index (χ2v) is 5.88. The molecule has 1 heterocycles. The highest BCUT2D eigenvalue weighted by molar-refractivity contribution is 5.81. The van der Waals surface area contributed by atoms with Crippen molar-refractivity contribution in [2.24, 2.45) is 10.7 Å². The number of nitrogens with two attached hydrogens (primary N) is 1. The minimum Gasteiger partial charge on any atom is -0.370 e. The highest BCUT2D eigenvalue weighted by atomic mass is 15.4. The molecule has 0 amide bonds. The molecule has 1 aromatic rings. The lowest BCUT2D eigenvalue weighted by Gasteiger charge is -2.39. The Hall–Kier alpha value is -1.51. The number of aliphatic imine (C=N–C) groups is 1. The molecule has 0 radical (unpaired) electrons. The maximum Gasteiger partial charge on any atom is 0.192 e. The van der Waals surface area contributed by atoms with Gasteiger partial charge in [-0.2, -0.15) is 0 Å². The van der Waals surface area contributed by atoms with Crippen LogP contribution >= 0.6 is 0 Å². The third kappa shape index (κ3) is 2.46. The number of guanidine groups is 1. The number of rotatable bonds is 2. The number of hydrogen-bond acceptors (Lipinski definition) is 3. The molecular formula is C16H23N3. The van der Waals surface area contributed by atoms with Gasteiger partial charge in [-0.3, -0.25) is 4.99 Å². The smallest absolute Gasteiger partial charge is 0.192 e.